The Morgan fingerprint density at radius 3 is 2.41 bits per heavy atom. The van der Waals surface area contributed by atoms with Crippen LogP contribution < -0.4 is 20.1 Å². The summed E-state index contributed by atoms with van der Waals surface area (Å²) in [6, 6.07) is 19.1. The van der Waals surface area contributed by atoms with Crippen LogP contribution in [0.3, 0.4) is 0 Å². The molecule has 19 heteroatoms. The van der Waals surface area contributed by atoms with Crippen molar-refractivity contribution in [2.45, 2.75) is 69.7 Å². The van der Waals surface area contributed by atoms with Crippen molar-refractivity contribution in [3.8, 4) is 22.8 Å². The number of halogens is 3. The molecule has 1 fully saturated rings. The van der Waals surface area contributed by atoms with Crippen LogP contribution in [0, 0.1) is 16.9 Å². The first-order chi connectivity index (χ1) is 32.4. The van der Waals surface area contributed by atoms with E-state index in [1.54, 1.807) is 55.7 Å². The van der Waals surface area contributed by atoms with Crippen LogP contribution in [0.2, 0.25) is 10.0 Å². The van der Waals surface area contributed by atoms with Crippen molar-refractivity contribution < 1.29 is 43.2 Å². The molecule has 0 bridgehead atoms. The number of likely N-dealkylation sites (tertiary alicyclic amines) is 1. The van der Waals surface area contributed by atoms with Crippen LogP contribution in [-0.4, -0.2) is 117 Å². The Morgan fingerprint density at radius 2 is 1.75 bits per heavy atom. The highest BCUT2D eigenvalue weighted by Gasteiger charge is 2.45. The maximum absolute atomic E-state index is 15.6. The van der Waals surface area contributed by atoms with Gasteiger partial charge < -0.3 is 50.1 Å². The van der Waals surface area contributed by atoms with Gasteiger partial charge in [-0.2, -0.15) is 4.73 Å². The summed E-state index contributed by atoms with van der Waals surface area (Å²) in [6.07, 6.45) is 3.53. The summed E-state index contributed by atoms with van der Waals surface area (Å²) in [5.41, 5.74) is 1.84. The summed E-state index contributed by atoms with van der Waals surface area (Å²) in [5, 5.41) is 39.1. The molecule has 3 amide bonds. The number of ether oxygens (including phenoxy) is 1. The van der Waals surface area contributed by atoms with Crippen molar-refractivity contribution >= 4 is 46.9 Å². The molecule has 1 saturated heterocycles. The zero-order valence-corrected chi connectivity index (χ0v) is 40.1. The predicted molar refractivity (Wildman–Crippen MR) is 254 cm³/mol. The smallest absolute Gasteiger partial charge is 0.304 e. The molecular weight excluding hydrogens is 918 g/mol. The lowest BCUT2D eigenvalue weighted by Gasteiger charge is -2.49. The third-order valence-corrected chi connectivity index (χ3v) is 12.8. The van der Waals surface area contributed by atoms with Crippen molar-refractivity contribution in [2.75, 3.05) is 40.8 Å². The minimum atomic E-state index is -1.42. The van der Waals surface area contributed by atoms with E-state index in [0.717, 1.165) is 28.7 Å². The number of nitrogens with one attached hydrogen (secondary N) is 2. The highest BCUT2D eigenvalue weighted by atomic mass is 35.5. The molecule has 2 aromatic heterocycles. The second-order valence-corrected chi connectivity index (χ2v) is 18.4. The van der Waals surface area contributed by atoms with E-state index in [-0.39, 0.29) is 54.5 Å². The fourth-order valence-electron chi connectivity index (χ4n) is 8.52. The third kappa shape index (κ3) is 12.7. The fraction of sp³-hybridized carbons (Fsp3) is 0.388. The molecule has 3 heterocycles. The van der Waals surface area contributed by atoms with Gasteiger partial charge in [0.05, 0.1) is 49.0 Å². The van der Waals surface area contributed by atoms with Crippen LogP contribution in [-0.2, 0) is 52.2 Å². The number of pyridine rings is 1. The zero-order chi connectivity index (χ0) is 49.3. The number of likely N-dealkylation sites (N-methyl/N-ethyl adjacent to an activating group) is 1. The Labute approximate surface area is 404 Å². The molecule has 0 saturated carbocycles. The average Bonchev–Trinajstić information content (AvgIpc) is 3.66. The molecule has 0 spiro atoms. The second-order valence-electron chi connectivity index (χ2n) is 17.5. The number of aliphatic hydroxyl groups is 1. The molecule has 4 N–H and O–H groups in total. The van der Waals surface area contributed by atoms with Gasteiger partial charge in [0.2, 0.25) is 17.7 Å². The van der Waals surface area contributed by atoms with Gasteiger partial charge in [0, 0.05) is 73.5 Å². The molecule has 362 valence electrons. The summed E-state index contributed by atoms with van der Waals surface area (Å²) in [5.74, 6) is -3.31. The Morgan fingerprint density at radius 1 is 1.03 bits per heavy atom. The average molecular weight is 976 g/mol. The zero-order valence-electron chi connectivity index (χ0n) is 38.6. The topological polar surface area (TPSA) is 197 Å². The molecule has 4 atom stereocenters. The lowest BCUT2D eigenvalue weighted by molar-refractivity contribution is -0.614. The van der Waals surface area contributed by atoms with E-state index in [1.165, 1.54) is 41.1 Å². The number of amides is 3. The molecule has 16 nitrogen and oxygen atoms in total. The molecule has 1 aliphatic rings. The van der Waals surface area contributed by atoms with Crippen LogP contribution in [0.4, 0.5) is 4.39 Å². The molecule has 0 unspecified atom stereocenters. The van der Waals surface area contributed by atoms with Gasteiger partial charge in [0.25, 0.3) is 0 Å². The highest BCUT2D eigenvalue weighted by Crippen LogP contribution is 2.35. The Bertz CT molecular complexity index is 2580. The Hall–Kier alpha value is -6.11. The van der Waals surface area contributed by atoms with E-state index in [9.17, 15) is 34.6 Å². The quantitative estimate of drug-likeness (QED) is 0.0579. The number of carboxylic acids is 1. The Kier molecular flexibility index (Phi) is 17.2. The fourth-order valence-corrected chi connectivity index (χ4v) is 8.84. The van der Waals surface area contributed by atoms with E-state index < -0.39 is 66.1 Å². The first kappa shape index (κ1) is 51.3. The number of nitrogens with zero attached hydrogens (tertiary/aromatic N) is 6. The van der Waals surface area contributed by atoms with Crippen molar-refractivity contribution in [2.24, 2.45) is 13.0 Å². The minimum absolute atomic E-state index is 0.00742. The molecule has 68 heavy (non-hydrogen) atoms. The van der Waals surface area contributed by atoms with Gasteiger partial charge in [-0.1, -0.05) is 41.4 Å². The summed E-state index contributed by atoms with van der Waals surface area (Å²) >= 11 is 12.5. The van der Waals surface area contributed by atoms with E-state index >= 15 is 4.39 Å². The Balaban J connectivity index is 1.15. The van der Waals surface area contributed by atoms with Gasteiger partial charge in [0.15, 0.2) is 11.9 Å². The van der Waals surface area contributed by atoms with Gasteiger partial charge in [-0.3, -0.25) is 19.2 Å². The molecule has 5 aromatic rings. The maximum Gasteiger partial charge on any atom is 0.304 e. The number of piperidine rings is 1. The van der Waals surface area contributed by atoms with Crippen molar-refractivity contribution in [1.29, 1.82) is 0 Å². The number of rotatable bonds is 20. The number of hydrogen-bond acceptors (Lipinski definition) is 10. The number of imidazole rings is 1. The predicted octanol–water partition coefficient (Wildman–Crippen LogP) is 5.37. The van der Waals surface area contributed by atoms with Crippen molar-refractivity contribution in [3.05, 3.63) is 135 Å². The molecular formula is C49H57Cl2FN8O8. The first-order valence-corrected chi connectivity index (χ1v) is 22.9. The minimum Gasteiger partial charge on any atom is -0.619 e. The summed E-state index contributed by atoms with van der Waals surface area (Å²) < 4.78 is 24.3. The molecule has 6 rings (SSSR count). The number of aromatic nitrogens is 3. The van der Waals surface area contributed by atoms with Crippen molar-refractivity contribution in [1.82, 2.24) is 34.9 Å². The number of aliphatic hydroxyl groups excluding tert-OH is 1. The van der Waals surface area contributed by atoms with Crippen LogP contribution >= 0.6 is 23.2 Å². The summed E-state index contributed by atoms with van der Waals surface area (Å²) in [7, 11) is 7.43. The number of carbonyl (C=O) groups excluding carboxylic acids is 3. The molecule has 0 radical (unpaired) electrons. The van der Waals surface area contributed by atoms with Crippen LogP contribution in [0.25, 0.3) is 11.3 Å². The lowest BCUT2D eigenvalue weighted by Crippen LogP contribution is -2.65. The SMILES string of the molecule is C[C@H](NCc1c(F)cc(Cl)cc1Oc1ccc(-c2cnc(CN(C)C)n2C)cc1)C(=O)N[C@@H](CO)C(=O)N(C)[C@@]1(Cc2ccc(Cl)cc2)CCCN(C(=O)[C@@H](CC(=O)O)Cc2cccc[n+]2[O-])C1. The van der Waals surface area contributed by atoms with Gasteiger partial charge in [-0.05, 0) is 94.4 Å². The number of carboxylic acid groups (broad SMARTS) is 1. The second kappa shape index (κ2) is 22.8. The number of carbonyl (C=O) groups is 4. The number of aliphatic carboxylic acids is 1. The van der Waals surface area contributed by atoms with Gasteiger partial charge in [-0.15, -0.1) is 0 Å². The number of hydrogen-bond donors (Lipinski definition) is 4. The van der Waals surface area contributed by atoms with Crippen LogP contribution in [0.1, 0.15) is 48.8 Å². The first-order valence-electron chi connectivity index (χ1n) is 22.1. The van der Waals surface area contributed by atoms with Gasteiger partial charge >= 0.3 is 5.97 Å². The van der Waals surface area contributed by atoms with Crippen LogP contribution in [0.15, 0.2) is 91.3 Å². The molecule has 1 aliphatic heterocycles. The summed E-state index contributed by atoms with van der Waals surface area (Å²) in [4.78, 5) is 63.9. The van der Waals surface area contributed by atoms with E-state index in [1.807, 2.05) is 42.7 Å². The maximum atomic E-state index is 15.6. The highest BCUT2D eigenvalue weighted by molar-refractivity contribution is 6.31. The van der Waals surface area contributed by atoms with Gasteiger partial charge in [-0.25, -0.2) is 9.37 Å². The van der Waals surface area contributed by atoms with E-state index in [4.69, 9.17) is 27.9 Å². The number of benzene rings is 3. The normalized spacial score (nSPS) is 16.2. The van der Waals surface area contributed by atoms with Crippen molar-refractivity contribution in [3.63, 3.8) is 0 Å². The largest absolute Gasteiger partial charge is 0.619 e. The van der Waals surface area contributed by atoms with Crippen LogP contribution in [0.5, 0.6) is 11.5 Å². The third-order valence-electron chi connectivity index (χ3n) is 12.3. The summed E-state index contributed by atoms with van der Waals surface area (Å²) in [6.45, 7) is 1.51. The standard InChI is InChI=1S/C49H57Cl2FN8O8/c1-31(53-26-39-40(52)23-36(51)24-43(39)68-38-16-12-33(13-17-38)42-27-54-44(57(42)4)28-56(2)3)46(64)55-41(29-61)48(66)58(5)49(25-32-10-14-35(50)15-11-32)18-8-19-59(30-49)47(65)34(22-45(62)63)21-37-9-6-7-20-60(37)67/h6-7,9-17,20,23-24,27,31,34,41,53,61H,8,18-19,21-22,25-26,28-30H2,1-5H3,(H,55,64)(H,62,63)/t31-,34+,41-,49+/m0/s1. The lowest BCUT2D eigenvalue weighted by atomic mass is 9.80. The monoisotopic (exact) mass is 974 g/mol. The molecule has 0 aliphatic carbocycles. The van der Waals surface area contributed by atoms with E-state index in [0.29, 0.717) is 34.9 Å². The molecule has 3 aromatic carbocycles. The van der Waals surface area contributed by atoms with E-state index in [2.05, 4.69) is 15.6 Å². The van der Waals surface area contributed by atoms with Gasteiger partial charge in [0.1, 0.15) is 29.2 Å².